The number of hydrogen-bond acceptors (Lipinski definition) is 6. The zero-order chi connectivity index (χ0) is 18.5. The number of aromatic amines is 1. The number of carbonyl (C=O) groups excluding carboxylic acids is 1. The summed E-state index contributed by atoms with van der Waals surface area (Å²) in [7, 11) is 0. The van der Waals surface area contributed by atoms with Gasteiger partial charge in [-0.25, -0.2) is 4.79 Å². The summed E-state index contributed by atoms with van der Waals surface area (Å²) in [6.07, 6.45) is -2.42. The minimum Gasteiger partial charge on any atom is -0.341 e. The Bertz CT molecular complexity index is 948. The van der Waals surface area contributed by atoms with E-state index in [2.05, 4.69) is 4.98 Å². The normalized spacial score (nSPS) is 29.5. The maximum Gasteiger partial charge on any atom is 0.331 e. The molecule has 0 radical (unpaired) electrons. The Morgan fingerprint density at radius 3 is 2.50 bits per heavy atom. The fourth-order valence-electron chi connectivity index (χ4n) is 3.51. The summed E-state index contributed by atoms with van der Waals surface area (Å²) in [6.45, 7) is 3.47. The molecule has 1 N–H and O–H groups in total. The molecule has 8 nitrogen and oxygen atoms in total. The standard InChI is InChI=1S/C18H18N2O6/c1-18(2)25-14-12(9-21)24-16(15(14)26-18)20-11(8-13(22)19-17(20)23)10-6-4-3-5-7-10/h3-9,12,14-16H,1-2H3,(H,19,22,23)/t12-,14-,15-,16-/m1/s1. The molecule has 0 spiro atoms. The average Bonchev–Trinajstić information content (AvgIpc) is 3.08. The summed E-state index contributed by atoms with van der Waals surface area (Å²) in [5.41, 5.74) is -0.109. The molecule has 0 aliphatic carbocycles. The molecule has 0 amide bonds. The Balaban J connectivity index is 1.87. The number of hydrogen-bond donors (Lipinski definition) is 1. The molecule has 2 aliphatic rings. The molecule has 2 saturated heterocycles. The molecule has 1 aromatic carbocycles. The summed E-state index contributed by atoms with van der Waals surface area (Å²) in [5, 5.41) is 0. The van der Waals surface area contributed by atoms with E-state index in [4.69, 9.17) is 14.2 Å². The molecule has 2 aromatic rings. The van der Waals surface area contributed by atoms with Crippen LogP contribution < -0.4 is 11.2 Å². The van der Waals surface area contributed by atoms with E-state index in [-0.39, 0.29) is 0 Å². The van der Waals surface area contributed by atoms with Crippen molar-refractivity contribution in [2.45, 2.75) is 44.2 Å². The number of H-pyrrole nitrogens is 1. The number of fused-ring (bicyclic) bond motifs is 1. The minimum atomic E-state index is -0.906. The van der Waals surface area contributed by atoms with E-state index in [1.807, 2.05) is 6.07 Å². The van der Waals surface area contributed by atoms with Gasteiger partial charge in [0.2, 0.25) is 0 Å². The number of aromatic nitrogens is 2. The van der Waals surface area contributed by atoms with Crippen molar-refractivity contribution in [1.29, 1.82) is 0 Å². The highest BCUT2D eigenvalue weighted by Crippen LogP contribution is 2.42. The zero-order valence-corrected chi connectivity index (χ0v) is 14.2. The van der Waals surface area contributed by atoms with Crippen LogP contribution in [0.5, 0.6) is 0 Å². The first kappa shape index (κ1) is 16.9. The smallest absolute Gasteiger partial charge is 0.331 e. The SMILES string of the molecule is CC1(C)O[C@@H]2[C@H](O1)[C@@H](C=O)O[C@H]2n1c(-c2ccccc2)cc(=O)[nH]c1=O. The van der Waals surface area contributed by atoms with Gasteiger partial charge in [0.1, 0.15) is 18.3 Å². The number of nitrogens with zero attached hydrogens (tertiary/aromatic N) is 1. The third kappa shape index (κ3) is 2.72. The predicted molar refractivity (Wildman–Crippen MR) is 90.6 cm³/mol. The molecule has 136 valence electrons. The van der Waals surface area contributed by atoms with Crippen molar-refractivity contribution < 1.29 is 19.0 Å². The summed E-state index contributed by atoms with van der Waals surface area (Å²) in [6, 6.07) is 10.3. The van der Waals surface area contributed by atoms with Gasteiger partial charge in [0.05, 0.1) is 5.69 Å². The quantitative estimate of drug-likeness (QED) is 0.816. The van der Waals surface area contributed by atoms with Crippen molar-refractivity contribution in [3.63, 3.8) is 0 Å². The van der Waals surface area contributed by atoms with Gasteiger partial charge in [0.25, 0.3) is 5.56 Å². The van der Waals surface area contributed by atoms with Gasteiger partial charge in [-0.15, -0.1) is 0 Å². The van der Waals surface area contributed by atoms with E-state index in [0.29, 0.717) is 17.5 Å². The fraction of sp³-hybridized carbons (Fsp3) is 0.389. The molecule has 1 aromatic heterocycles. The molecule has 0 saturated carbocycles. The number of carbonyl (C=O) groups is 1. The summed E-state index contributed by atoms with van der Waals surface area (Å²) >= 11 is 0. The number of rotatable bonds is 3. The second-order valence-electron chi connectivity index (χ2n) is 6.75. The van der Waals surface area contributed by atoms with Crippen LogP contribution >= 0.6 is 0 Å². The van der Waals surface area contributed by atoms with Crippen LogP contribution in [0.4, 0.5) is 0 Å². The largest absolute Gasteiger partial charge is 0.341 e. The predicted octanol–water partition coefficient (Wildman–Crippen LogP) is 0.820. The summed E-state index contributed by atoms with van der Waals surface area (Å²) < 4.78 is 18.7. The van der Waals surface area contributed by atoms with Gasteiger partial charge in [0, 0.05) is 6.07 Å². The highest BCUT2D eigenvalue weighted by Gasteiger charge is 2.56. The van der Waals surface area contributed by atoms with Crippen LogP contribution in [0.15, 0.2) is 46.0 Å². The van der Waals surface area contributed by atoms with E-state index < -0.39 is 41.6 Å². The number of benzene rings is 1. The van der Waals surface area contributed by atoms with E-state index in [1.54, 1.807) is 38.1 Å². The molecule has 4 atom stereocenters. The lowest BCUT2D eigenvalue weighted by Crippen LogP contribution is -2.38. The van der Waals surface area contributed by atoms with Gasteiger partial charge in [-0.05, 0) is 19.4 Å². The third-order valence-electron chi connectivity index (χ3n) is 4.50. The first-order valence-corrected chi connectivity index (χ1v) is 8.27. The van der Waals surface area contributed by atoms with E-state index in [1.165, 1.54) is 10.6 Å². The van der Waals surface area contributed by atoms with Gasteiger partial charge in [-0.2, -0.15) is 0 Å². The summed E-state index contributed by atoms with van der Waals surface area (Å²) in [4.78, 5) is 38.2. The number of aldehydes is 1. The second kappa shape index (κ2) is 6.01. The van der Waals surface area contributed by atoms with Crippen molar-refractivity contribution in [1.82, 2.24) is 9.55 Å². The molecule has 2 fully saturated rings. The van der Waals surface area contributed by atoms with Crippen LogP contribution in [-0.2, 0) is 19.0 Å². The van der Waals surface area contributed by atoms with Gasteiger partial charge in [-0.3, -0.25) is 14.3 Å². The Morgan fingerprint density at radius 2 is 1.81 bits per heavy atom. The van der Waals surface area contributed by atoms with Crippen molar-refractivity contribution in [2.24, 2.45) is 0 Å². The zero-order valence-electron chi connectivity index (χ0n) is 14.2. The van der Waals surface area contributed by atoms with Gasteiger partial charge < -0.3 is 19.0 Å². The first-order chi connectivity index (χ1) is 12.4. The van der Waals surface area contributed by atoms with Crippen LogP contribution in [0.2, 0.25) is 0 Å². The van der Waals surface area contributed by atoms with Crippen LogP contribution in [0.25, 0.3) is 11.3 Å². The Labute approximate surface area is 148 Å². The average molecular weight is 358 g/mol. The van der Waals surface area contributed by atoms with E-state index in [0.717, 1.165) is 0 Å². The molecule has 8 heteroatoms. The van der Waals surface area contributed by atoms with Gasteiger partial charge in [0.15, 0.2) is 18.3 Å². The van der Waals surface area contributed by atoms with Crippen LogP contribution in [0.3, 0.4) is 0 Å². The monoisotopic (exact) mass is 358 g/mol. The van der Waals surface area contributed by atoms with E-state index in [9.17, 15) is 14.4 Å². The molecule has 2 aliphatic heterocycles. The van der Waals surface area contributed by atoms with Crippen LogP contribution in [0, 0.1) is 0 Å². The van der Waals surface area contributed by atoms with Crippen LogP contribution in [0.1, 0.15) is 20.1 Å². The van der Waals surface area contributed by atoms with Gasteiger partial charge >= 0.3 is 5.69 Å². The van der Waals surface area contributed by atoms with Crippen molar-refractivity contribution >= 4 is 6.29 Å². The minimum absolute atomic E-state index is 0.378. The number of nitrogens with one attached hydrogen (secondary N) is 1. The number of ether oxygens (including phenoxy) is 3. The fourth-order valence-corrected chi connectivity index (χ4v) is 3.51. The molecule has 0 bridgehead atoms. The van der Waals surface area contributed by atoms with Crippen molar-refractivity contribution in [3.8, 4) is 11.3 Å². The molecule has 3 heterocycles. The Kier molecular flexibility index (Phi) is 3.91. The van der Waals surface area contributed by atoms with E-state index >= 15 is 0 Å². The maximum atomic E-state index is 12.6. The maximum absolute atomic E-state index is 12.6. The molecule has 26 heavy (non-hydrogen) atoms. The lowest BCUT2D eigenvalue weighted by Gasteiger charge is -2.25. The molecular formula is C18H18N2O6. The van der Waals surface area contributed by atoms with Gasteiger partial charge in [-0.1, -0.05) is 30.3 Å². The topological polar surface area (TPSA) is 99.6 Å². The van der Waals surface area contributed by atoms with Crippen molar-refractivity contribution in [2.75, 3.05) is 0 Å². The molecule has 4 rings (SSSR count). The molecular weight excluding hydrogens is 340 g/mol. The Morgan fingerprint density at radius 1 is 1.12 bits per heavy atom. The highest BCUT2D eigenvalue weighted by atomic mass is 16.8. The summed E-state index contributed by atoms with van der Waals surface area (Å²) in [5.74, 6) is -0.905. The lowest BCUT2D eigenvalue weighted by atomic mass is 10.1. The first-order valence-electron chi connectivity index (χ1n) is 8.27. The third-order valence-corrected chi connectivity index (χ3v) is 4.50. The highest BCUT2D eigenvalue weighted by molar-refractivity contribution is 5.60. The lowest BCUT2D eigenvalue weighted by molar-refractivity contribution is -0.195. The Hall–Kier alpha value is -2.55. The second-order valence-corrected chi connectivity index (χ2v) is 6.75. The molecule has 0 unspecified atom stereocenters. The van der Waals surface area contributed by atoms with Crippen LogP contribution in [-0.4, -0.2) is 39.9 Å². The van der Waals surface area contributed by atoms with Crippen molar-refractivity contribution in [3.05, 3.63) is 57.2 Å².